The number of hydrogen-bond acceptors (Lipinski definition) is 4. The minimum atomic E-state index is -0.639. The first-order valence-corrected chi connectivity index (χ1v) is 6.56. The smallest absolute Gasteiger partial charge is 0.345 e. The van der Waals surface area contributed by atoms with Gasteiger partial charge in [-0.3, -0.25) is 0 Å². The molecule has 0 saturated carbocycles. The van der Waals surface area contributed by atoms with Crippen LogP contribution in [0.15, 0.2) is 36.4 Å². The monoisotopic (exact) mass is 321 g/mol. The molecular formula is C15H9Cl2NO3. The lowest BCUT2D eigenvalue weighted by Gasteiger charge is -2.10. The Hall–Kier alpha value is -2.22. The zero-order valence-corrected chi connectivity index (χ0v) is 12.4. The van der Waals surface area contributed by atoms with E-state index in [1.54, 1.807) is 6.07 Å². The summed E-state index contributed by atoms with van der Waals surface area (Å²) in [5, 5.41) is 9.45. The molecule has 2 aromatic carbocycles. The summed E-state index contributed by atoms with van der Waals surface area (Å²) >= 11 is 11.7. The lowest BCUT2D eigenvalue weighted by Crippen LogP contribution is -2.10. The number of nitrogens with zero attached hydrogens (tertiary/aromatic N) is 1. The van der Waals surface area contributed by atoms with Gasteiger partial charge in [-0.2, -0.15) is 5.26 Å². The molecule has 0 aliphatic carbocycles. The molecule has 0 radical (unpaired) electrons. The number of methoxy groups -OCH3 is 1. The van der Waals surface area contributed by atoms with E-state index in [0.29, 0.717) is 10.6 Å². The van der Waals surface area contributed by atoms with E-state index < -0.39 is 5.97 Å². The van der Waals surface area contributed by atoms with Crippen LogP contribution in [0.4, 0.5) is 0 Å². The van der Waals surface area contributed by atoms with E-state index in [0.717, 1.165) is 0 Å². The van der Waals surface area contributed by atoms with Crippen LogP contribution in [0.2, 0.25) is 10.0 Å². The molecule has 0 aliphatic rings. The number of rotatable bonds is 3. The predicted octanol–water partition coefficient (Wildman–Crippen LogP) is 4.09. The average Bonchev–Trinajstić information content (AvgIpc) is 2.47. The van der Waals surface area contributed by atoms with Crippen molar-refractivity contribution in [3.63, 3.8) is 0 Å². The molecule has 0 aliphatic heterocycles. The second-order valence-electron chi connectivity index (χ2n) is 3.99. The SMILES string of the molecule is COc1cc(C#N)ccc1OC(=O)c1ccc(Cl)cc1Cl. The Morgan fingerprint density at radius 3 is 2.52 bits per heavy atom. The fourth-order valence-electron chi connectivity index (χ4n) is 1.63. The molecule has 2 aromatic rings. The quantitative estimate of drug-likeness (QED) is 0.631. The molecule has 0 fully saturated rings. The molecule has 0 N–H and O–H groups in total. The maximum Gasteiger partial charge on any atom is 0.345 e. The van der Waals surface area contributed by atoms with E-state index in [2.05, 4.69) is 0 Å². The summed E-state index contributed by atoms with van der Waals surface area (Å²) in [4.78, 5) is 12.1. The number of carbonyl (C=O) groups excluding carboxylic acids is 1. The fraction of sp³-hybridized carbons (Fsp3) is 0.0667. The molecule has 0 unspecified atom stereocenters. The predicted molar refractivity (Wildman–Crippen MR) is 79.1 cm³/mol. The van der Waals surface area contributed by atoms with Gasteiger partial charge in [0.2, 0.25) is 0 Å². The molecule has 0 amide bonds. The number of ether oxygens (including phenoxy) is 2. The van der Waals surface area contributed by atoms with Gasteiger partial charge in [-0.05, 0) is 30.3 Å². The molecule has 6 heteroatoms. The van der Waals surface area contributed by atoms with E-state index >= 15 is 0 Å². The number of halogens is 2. The van der Waals surface area contributed by atoms with Crippen LogP contribution in [0.5, 0.6) is 11.5 Å². The third-order valence-electron chi connectivity index (χ3n) is 2.65. The largest absolute Gasteiger partial charge is 0.493 e. The summed E-state index contributed by atoms with van der Waals surface area (Å²) in [6, 6.07) is 10.9. The summed E-state index contributed by atoms with van der Waals surface area (Å²) in [7, 11) is 1.42. The Labute approximate surface area is 131 Å². The zero-order chi connectivity index (χ0) is 15.4. The van der Waals surface area contributed by atoms with Gasteiger partial charge in [0.1, 0.15) is 0 Å². The lowest BCUT2D eigenvalue weighted by molar-refractivity contribution is 0.0730. The van der Waals surface area contributed by atoms with Crippen molar-refractivity contribution in [3.05, 3.63) is 57.6 Å². The van der Waals surface area contributed by atoms with Crippen LogP contribution in [0.1, 0.15) is 15.9 Å². The van der Waals surface area contributed by atoms with Crippen molar-refractivity contribution in [3.8, 4) is 17.6 Å². The Kier molecular flexibility index (Phi) is 4.69. The van der Waals surface area contributed by atoms with Gasteiger partial charge in [0.05, 0.1) is 29.3 Å². The van der Waals surface area contributed by atoms with E-state index in [1.807, 2.05) is 6.07 Å². The molecule has 0 bridgehead atoms. The molecule has 21 heavy (non-hydrogen) atoms. The van der Waals surface area contributed by atoms with Crippen LogP contribution in [-0.2, 0) is 0 Å². The Morgan fingerprint density at radius 1 is 1.14 bits per heavy atom. The van der Waals surface area contributed by atoms with Crippen LogP contribution in [0.25, 0.3) is 0 Å². The number of carbonyl (C=O) groups is 1. The van der Waals surface area contributed by atoms with Gasteiger partial charge in [-0.1, -0.05) is 23.2 Å². The van der Waals surface area contributed by atoms with Gasteiger partial charge in [0, 0.05) is 11.1 Å². The van der Waals surface area contributed by atoms with Crippen LogP contribution >= 0.6 is 23.2 Å². The van der Waals surface area contributed by atoms with Crippen molar-refractivity contribution in [2.75, 3.05) is 7.11 Å². The third kappa shape index (κ3) is 3.46. The second kappa shape index (κ2) is 6.49. The first-order chi connectivity index (χ1) is 10.0. The highest BCUT2D eigenvalue weighted by Crippen LogP contribution is 2.30. The van der Waals surface area contributed by atoms with E-state index in [1.165, 1.54) is 37.4 Å². The van der Waals surface area contributed by atoms with E-state index in [9.17, 15) is 4.79 Å². The maximum atomic E-state index is 12.1. The second-order valence-corrected chi connectivity index (χ2v) is 4.83. The number of nitriles is 1. The lowest BCUT2D eigenvalue weighted by atomic mass is 10.2. The van der Waals surface area contributed by atoms with E-state index in [-0.39, 0.29) is 22.1 Å². The van der Waals surface area contributed by atoms with Crippen LogP contribution in [0.3, 0.4) is 0 Å². The van der Waals surface area contributed by atoms with Gasteiger partial charge in [-0.15, -0.1) is 0 Å². The van der Waals surface area contributed by atoms with E-state index in [4.69, 9.17) is 37.9 Å². The minimum absolute atomic E-state index is 0.187. The standard InChI is InChI=1S/C15H9Cl2NO3/c1-20-14-6-9(8-18)2-5-13(14)21-15(19)11-4-3-10(16)7-12(11)17/h2-7H,1H3. The highest BCUT2D eigenvalue weighted by Gasteiger charge is 2.16. The fourth-order valence-corrected chi connectivity index (χ4v) is 2.12. The molecule has 0 atom stereocenters. The first kappa shape index (κ1) is 15.2. The van der Waals surface area contributed by atoms with Crippen LogP contribution < -0.4 is 9.47 Å². The highest BCUT2D eigenvalue weighted by atomic mass is 35.5. The van der Waals surface area contributed by atoms with Gasteiger partial charge in [0.25, 0.3) is 0 Å². The third-order valence-corrected chi connectivity index (χ3v) is 3.19. The van der Waals surface area contributed by atoms with Crippen molar-refractivity contribution in [1.29, 1.82) is 5.26 Å². The van der Waals surface area contributed by atoms with Gasteiger partial charge in [0.15, 0.2) is 11.5 Å². The molecule has 0 saturated heterocycles. The molecule has 0 heterocycles. The maximum absolute atomic E-state index is 12.1. The van der Waals surface area contributed by atoms with Gasteiger partial charge < -0.3 is 9.47 Å². The Balaban J connectivity index is 2.29. The molecular weight excluding hydrogens is 313 g/mol. The van der Waals surface area contributed by atoms with Crippen molar-refractivity contribution < 1.29 is 14.3 Å². The van der Waals surface area contributed by atoms with Crippen LogP contribution in [-0.4, -0.2) is 13.1 Å². The topological polar surface area (TPSA) is 59.3 Å². The average molecular weight is 322 g/mol. The summed E-state index contributed by atoms with van der Waals surface area (Å²) < 4.78 is 10.3. The normalized spacial score (nSPS) is 9.81. The number of esters is 1. The minimum Gasteiger partial charge on any atom is -0.493 e. The summed E-state index contributed by atoms with van der Waals surface area (Å²) in [5.74, 6) is -0.153. The molecule has 0 spiro atoms. The highest BCUT2D eigenvalue weighted by molar-refractivity contribution is 6.36. The summed E-state index contributed by atoms with van der Waals surface area (Å²) in [6.45, 7) is 0. The summed E-state index contributed by atoms with van der Waals surface area (Å²) in [5.41, 5.74) is 0.587. The van der Waals surface area contributed by atoms with Crippen molar-refractivity contribution >= 4 is 29.2 Å². The van der Waals surface area contributed by atoms with Gasteiger partial charge in [-0.25, -0.2) is 4.79 Å². The van der Waals surface area contributed by atoms with Crippen molar-refractivity contribution in [1.82, 2.24) is 0 Å². The molecule has 2 rings (SSSR count). The molecule has 4 nitrogen and oxygen atoms in total. The molecule has 0 aromatic heterocycles. The van der Waals surface area contributed by atoms with Gasteiger partial charge >= 0.3 is 5.97 Å². The first-order valence-electron chi connectivity index (χ1n) is 5.80. The zero-order valence-electron chi connectivity index (χ0n) is 10.9. The van der Waals surface area contributed by atoms with Crippen molar-refractivity contribution in [2.24, 2.45) is 0 Å². The Bertz CT molecular complexity index is 738. The van der Waals surface area contributed by atoms with Crippen LogP contribution in [0, 0.1) is 11.3 Å². The number of benzene rings is 2. The number of hydrogen-bond donors (Lipinski definition) is 0. The Morgan fingerprint density at radius 2 is 1.90 bits per heavy atom. The molecule has 106 valence electrons. The van der Waals surface area contributed by atoms with Crippen molar-refractivity contribution in [2.45, 2.75) is 0 Å². The summed E-state index contributed by atoms with van der Waals surface area (Å²) in [6.07, 6.45) is 0.